The van der Waals surface area contributed by atoms with Crippen LogP contribution in [0.5, 0.6) is 0 Å². The Balaban J connectivity index is 1.37. The number of alkyl halides is 6. The molecular formula is C21H23F6O7S-. The standard InChI is InChI=1S/C21H24F6O7S/c22-20(23,24)19(21(25,26)27,6-35(29,30)31)34-18(28)8-5-7-13-9-1-3-11(32-9)16(13)15(8)17-12-4-2-10(33-12)14(7)17/h7-17H,1-6H2,(H,29,30,31)/p-1. The molecule has 3 aliphatic carbocycles. The van der Waals surface area contributed by atoms with Crippen molar-refractivity contribution < 1.29 is 58.3 Å². The van der Waals surface area contributed by atoms with E-state index in [0.29, 0.717) is 12.8 Å². The number of hydrogen-bond donors (Lipinski definition) is 0. The van der Waals surface area contributed by atoms with Crippen LogP contribution in [0.3, 0.4) is 0 Å². The molecule has 4 heterocycles. The van der Waals surface area contributed by atoms with Gasteiger partial charge in [0.15, 0.2) is 0 Å². The summed E-state index contributed by atoms with van der Waals surface area (Å²) >= 11 is 0. The molecule has 35 heavy (non-hydrogen) atoms. The Morgan fingerprint density at radius 1 is 0.800 bits per heavy atom. The lowest BCUT2D eigenvalue weighted by molar-refractivity contribution is -0.363. The van der Waals surface area contributed by atoms with E-state index in [1.165, 1.54) is 0 Å². The Hall–Kier alpha value is -1.12. The first-order chi connectivity index (χ1) is 16.1. The second-order valence-corrected chi connectivity index (χ2v) is 12.3. The van der Waals surface area contributed by atoms with E-state index in [4.69, 9.17) is 9.47 Å². The van der Waals surface area contributed by atoms with Crippen molar-refractivity contribution in [2.75, 3.05) is 5.75 Å². The van der Waals surface area contributed by atoms with Crippen LogP contribution in [0.4, 0.5) is 26.3 Å². The largest absolute Gasteiger partial charge is 0.748 e. The minimum atomic E-state index is -6.37. The van der Waals surface area contributed by atoms with E-state index in [1.54, 1.807) is 0 Å². The van der Waals surface area contributed by atoms with Crippen molar-refractivity contribution in [2.24, 2.45) is 41.4 Å². The molecule has 0 N–H and O–H groups in total. The number of hydrogen-bond acceptors (Lipinski definition) is 7. The molecule has 9 unspecified atom stereocenters. The third-order valence-electron chi connectivity index (χ3n) is 9.52. The van der Waals surface area contributed by atoms with Crippen LogP contribution in [0, 0.1) is 41.4 Å². The molecule has 0 aromatic carbocycles. The molecule has 7 rings (SSSR count). The van der Waals surface area contributed by atoms with Crippen molar-refractivity contribution >= 4 is 16.1 Å². The summed E-state index contributed by atoms with van der Waals surface area (Å²) in [7, 11) is -6.08. The van der Waals surface area contributed by atoms with Crippen molar-refractivity contribution in [3.8, 4) is 0 Å². The zero-order chi connectivity index (χ0) is 25.3. The van der Waals surface area contributed by atoms with E-state index < -0.39 is 51.6 Å². The van der Waals surface area contributed by atoms with Gasteiger partial charge in [-0.05, 0) is 67.6 Å². The van der Waals surface area contributed by atoms with Gasteiger partial charge in [-0.25, -0.2) is 8.42 Å². The van der Waals surface area contributed by atoms with E-state index in [0.717, 1.165) is 12.8 Å². The van der Waals surface area contributed by atoms with Crippen molar-refractivity contribution in [3.05, 3.63) is 0 Å². The highest BCUT2D eigenvalue weighted by atomic mass is 32.2. The monoisotopic (exact) mass is 533 g/mol. The minimum Gasteiger partial charge on any atom is -0.748 e. The lowest BCUT2D eigenvalue weighted by Crippen LogP contribution is -2.66. The molecule has 0 spiro atoms. The highest BCUT2D eigenvalue weighted by Gasteiger charge is 2.77. The molecule has 0 radical (unpaired) electrons. The summed E-state index contributed by atoms with van der Waals surface area (Å²) in [6.07, 6.45) is -10.2. The smallest absolute Gasteiger partial charge is 0.438 e. The topological polar surface area (TPSA) is 102 Å². The molecule has 14 heteroatoms. The lowest BCUT2D eigenvalue weighted by Gasteiger charge is -2.59. The number of rotatable bonds is 4. The molecule has 6 bridgehead atoms. The van der Waals surface area contributed by atoms with Crippen LogP contribution < -0.4 is 0 Å². The maximum absolute atomic E-state index is 13.8. The minimum absolute atomic E-state index is 0.0287. The van der Waals surface area contributed by atoms with Crippen LogP contribution in [0.15, 0.2) is 0 Å². The normalized spacial score (nSPS) is 46.1. The third-order valence-corrected chi connectivity index (χ3v) is 10.3. The average Bonchev–Trinajstić information content (AvgIpc) is 3.51. The van der Waals surface area contributed by atoms with Gasteiger partial charge < -0.3 is 18.8 Å². The lowest BCUT2D eigenvalue weighted by atomic mass is 9.42. The second kappa shape index (κ2) is 7.25. The van der Waals surface area contributed by atoms with Gasteiger partial charge in [0, 0.05) is 0 Å². The zero-order valence-corrected chi connectivity index (χ0v) is 18.9. The van der Waals surface area contributed by atoms with Crippen LogP contribution in [-0.4, -0.2) is 67.1 Å². The molecular weight excluding hydrogens is 510 g/mol. The molecule has 3 saturated carbocycles. The first-order valence-corrected chi connectivity index (χ1v) is 13.3. The van der Waals surface area contributed by atoms with E-state index in [2.05, 4.69) is 4.74 Å². The van der Waals surface area contributed by atoms with E-state index in [9.17, 15) is 44.1 Å². The molecule has 7 nitrogen and oxygen atoms in total. The molecule has 7 fully saturated rings. The van der Waals surface area contributed by atoms with E-state index in [-0.39, 0.29) is 60.4 Å². The number of carbonyl (C=O) groups excluding carboxylic acids is 1. The van der Waals surface area contributed by atoms with Gasteiger partial charge in [-0.2, -0.15) is 26.3 Å². The molecule has 198 valence electrons. The number of esters is 1. The van der Waals surface area contributed by atoms with E-state index in [1.807, 2.05) is 0 Å². The highest BCUT2D eigenvalue weighted by Crippen LogP contribution is 2.70. The highest BCUT2D eigenvalue weighted by molar-refractivity contribution is 7.85. The number of fused-ring (bicyclic) bond motifs is 5. The van der Waals surface area contributed by atoms with Gasteiger partial charge in [-0.1, -0.05) is 0 Å². The fourth-order valence-corrected chi connectivity index (χ4v) is 9.55. The van der Waals surface area contributed by atoms with Crippen molar-refractivity contribution in [1.29, 1.82) is 0 Å². The Bertz CT molecular complexity index is 980. The fourth-order valence-electron chi connectivity index (χ4n) is 8.67. The summed E-state index contributed by atoms with van der Waals surface area (Å²) in [5.74, 6) is -7.09. The summed E-state index contributed by atoms with van der Waals surface area (Å²) in [4.78, 5) is 13.2. The van der Waals surface area contributed by atoms with Gasteiger partial charge in [0.2, 0.25) is 0 Å². The van der Waals surface area contributed by atoms with Gasteiger partial charge in [0.05, 0.1) is 46.2 Å². The van der Waals surface area contributed by atoms with Crippen LogP contribution in [0.1, 0.15) is 32.1 Å². The molecule has 4 saturated heterocycles. The summed E-state index contributed by atoms with van der Waals surface area (Å²) < 4.78 is 132. The van der Waals surface area contributed by atoms with Gasteiger partial charge in [0.25, 0.3) is 0 Å². The Labute approximate surface area is 196 Å². The van der Waals surface area contributed by atoms with Gasteiger partial charge >= 0.3 is 23.9 Å². The van der Waals surface area contributed by atoms with Crippen LogP contribution >= 0.6 is 0 Å². The maximum atomic E-state index is 13.8. The SMILES string of the molecule is O=C(OC(CS(=O)(=O)[O-])(C(F)(F)F)C(F)(F)F)C1CC2C3C4CCC(O4)C3C1C1C3CCC(O3)C21. The number of ether oxygens (including phenoxy) is 3. The summed E-state index contributed by atoms with van der Waals surface area (Å²) in [5.41, 5.74) is -5.44. The quantitative estimate of drug-likeness (QED) is 0.311. The summed E-state index contributed by atoms with van der Waals surface area (Å²) in [5, 5.41) is 0. The molecule has 0 aromatic rings. The molecule has 4 aliphatic heterocycles. The van der Waals surface area contributed by atoms with Gasteiger partial charge in [-0.15, -0.1) is 0 Å². The zero-order valence-electron chi connectivity index (χ0n) is 18.1. The van der Waals surface area contributed by atoms with Gasteiger partial charge in [0.1, 0.15) is 0 Å². The van der Waals surface area contributed by atoms with Gasteiger partial charge in [-0.3, -0.25) is 4.79 Å². The predicted molar refractivity (Wildman–Crippen MR) is 100 cm³/mol. The number of carbonyl (C=O) groups is 1. The number of halogens is 6. The molecule has 0 amide bonds. The van der Waals surface area contributed by atoms with E-state index >= 15 is 0 Å². The Morgan fingerprint density at radius 3 is 1.63 bits per heavy atom. The summed E-state index contributed by atoms with van der Waals surface area (Å²) in [6.45, 7) is 0. The van der Waals surface area contributed by atoms with Crippen LogP contribution in [0.2, 0.25) is 0 Å². The predicted octanol–water partition coefficient (Wildman–Crippen LogP) is 2.79. The van der Waals surface area contributed by atoms with Crippen LogP contribution in [-0.2, 0) is 29.1 Å². The van der Waals surface area contributed by atoms with Crippen LogP contribution in [0.25, 0.3) is 0 Å². The Morgan fingerprint density at radius 2 is 1.23 bits per heavy atom. The van der Waals surface area contributed by atoms with Crippen molar-refractivity contribution in [3.63, 3.8) is 0 Å². The average molecular weight is 533 g/mol. The van der Waals surface area contributed by atoms with Crippen molar-refractivity contribution in [2.45, 2.75) is 74.5 Å². The fraction of sp³-hybridized carbons (Fsp3) is 0.952. The Kier molecular flexibility index (Phi) is 5.02. The first kappa shape index (κ1) is 24.2. The maximum Gasteiger partial charge on any atom is 0.438 e. The molecule has 9 atom stereocenters. The second-order valence-electron chi connectivity index (χ2n) is 10.9. The third kappa shape index (κ3) is 3.27. The first-order valence-electron chi connectivity index (χ1n) is 11.7. The molecule has 7 aliphatic rings. The summed E-state index contributed by atoms with van der Waals surface area (Å²) in [6, 6.07) is 0. The van der Waals surface area contributed by atoms with Crippen molar-refractivity contribution in [1.82, 2.24) is 0 Å². The molecule has 0 aromatic heterocycles.